The predicted molar refractivity (Wildman–Crippen MR) is 111 cm³/mol. The minimum absolute atomic E-state index is 0.191. The molecule has 3 aromatic carbocycles. The molecule has 0 saturated carbocycles. The van der Waals surface area contributed by atoms with Gasteiger partial charge in [0.1, 0.15) is 5.69 Å². The highest BCUT2D eigenvalue weighted by atomic mass is 35.5. The summed E-state index contributed by atoms with van der Waals surface area (Å²) in [5, 5.41) is 5.80. The van der Waals surface area contributed by atoms with E-state index in [0.717, 1.165) is 4.79 Å². The molecule has 1 N–H and O–H groups in total. The maximum Gasteiger partial charge on any atom is 0.294 e. The standard InChI is InChI=1S/C22H15ClFN3O2/c23-16-12-10-15(11-13-16)20-17-8-4-5-9-18(17)22(29)27(25-20)26-21(28)19(24)14-6-2-1-3-7-14/h1-13,19H,(H,26,28). The van der Waals surface area contributed by atoms with E-state index in [0.29, 0.717) is 27.1 Å². The van der Waals surface area contributed by atoms with Gasteiger partial charge in [-0.2, -0.15) is 0 Å². The monoisotopic (exact) mass is 407 g/mol. The Morgan fingerprint density at radius 3 is 2.24 bits per heavy atom. The van der Waals surface area contributed by atoms with Gasteiger partial charge in [-0.05, 0) is 23.8 Å². The van der Waals surface area contributed by atoms with Gasteiger partial charge in [0.05, 0.1) is 5.39 Å². The van der Waals surface area contributed by atoms with Crippen LogP contribution in [0.3, 0.4) is 0 Å². The summed E-state index contributed by atoms with van der Waals surface area (Å²) in [5.74, 6) is -0.983. The van der Waals surface area contributed by atoms with Crippen LogP contribution in [0.4, 0.5) is 4.39 Å². The van der Waals surface area contributed by atoms with E-state index in [1.807, 2.05) is 0 Å². The lowest BCUT2D eigenvalue weighted by atomic mass is 10.1. The Morgan fingerprint density at radius 2 is 1.55 bits per heavy atom. The Bertz CT molecular complexity index is 1240. The number of amides is 1. The highest BCUT2D eigenvalue weighted by Crippen LogP contribution is 2.26. The van der Waals surface area contributed by atoms with Crippen molar-refractivity contribution in [1.29, 1.82) is 0 Å². The molecule has 0 aliphatic rings. The lowest BCUT2D eigenvalue weighted by Gasteiger charge is -2.14. The molecule has 7 heteroatoms. The van der Waals surface area contributed by atoms with Crippen LogP contribution in [0.15, 0.2) is 83.7 Å². The number of carbonyl (C=O) groups is 1. The summed E-state index contributed by atoms with van der Waals surface area (Å²) in [6.45, 7) is 0. The van der Waals surface area contributed by atoms with Gasteiger partial charge < -0.3 is 0 Å². The minimum Gasteiger partial charge on any atom is -0.269 e. The number of nitrogens with one attached hydrogen (secondary N) is 1. The third-order valence-electron chi connectivity index (χ3n) is 4.46. The van der Waals surface area contributed by atoms with Gasteiger partial charge in [-0.3, -0.25) is 9.59 Å². The van der Waals surface area contributed by atoms with Crippen LogP contribution in [0.1, 0.15) is 11.7 Å². The molecule has 1 atom stereocenters. The topological polar surface area (TPSA) is 64.0 Å². The molecule has 4 aromatic rings. The zero-order valence-electron chi connectivity index (χ0n) is 15.0. The van der Waals surface area contributed by atoms with Gasteiger partial charge in [0.15, 0.2) is 0 Å². The quantitative estimate of drug-likeness (QED) is 0.541. The second-order valence-electron chi connectivity index (χ2n) is 6.37. The maximum atomic E-state index is 14.6. The molecule has 0 radical (unpaired) electrons. The van der Waals surface area contributed by atoms with Crippen LogP contribution in [0.2, 0.25) is 5.02 Å². The molecule has 0 spiro atoms. The first-order valence-corrected chi connectivity index (χ1v) is 9.20. The van der Waals surface area contributed by atoms with Crippen molar-refractivity contribution in [3.63, 3.8) is 0 Å². The van der Waals surface area contributed by atoms with Gasteiger partial charge in [0.2, 0.25) is 6.17 Å². The van der Waals surface area contributed by atoms with Crippen LogP contribution in [0, 0.1) is 0 Å². The fourth-order valence-electron chi connectivity index (χ4n) is 3.02. The Balaban J connectivity index is 1.79. The van der Waals surface area contributed by atoms with E-state index >= 15 is 0 Å². The van der Waals surface area contributed by atoms with Crippen molar-refractivity contribution in [2.24, 2.45) is 0 Å². The van der Waals surface area contributed by atoms with Crippen LogP contribution < -0.4 is 11.0 Å². The first kappa shape index (κ1) is 18.8. The van der Waals surface area contributed by atoms with Crippen LogP contribution >= 0.6 is 11.6 Å². The summed E-state index contributed by atoms with van der Waals surface area (Å²) in [6.07, 6.45) is -1.93. The Labute approximate surface area is 170 Å². The van der Waals surface area contributed by atoms with Gasteiger partial charge in [-0.25, -0.2) is 9.82 Å². The molecule has 29 heavy (non-hydrogen) atoms. The van der Waals surface area contributed by atoms with Crippen molar-refractivity contribution in [3.8, 4) is 11.3 Å². The van der Waals surface area contributed by atoms with Gasteiger partial charge in [-0.1, -0.05) is 72.3 Å². The predicted octanol–water partition coefficient (Wildman–Crippen LogP) is 4.50. The molecule has 1 aromatic heterocycles. The lowest BCUT2D eigenvalue weighted by Crippen LogP contribution is -2.37. The summed E-state index contributed by atoms with van der Waals surface area (Å²) in [5.41, 5.74) is 3.08. The summed E-state index contributed by atoms with van der Waals surface area (Å²) >= 11 is 5.96. The van der Waals surface area contributed by atoms with E-state index in [4.69, 9.17) is 11.6 Å². The maximum absolute atomic E-state index is 14.6. The van der Waals surface area contributed by atoms with E-state index in [2.05, 4.69) is 10.5 Å². The molecule has 4 rings (SSSR count). The number of rotatable bonds is 4. The average Bonchev–Trinajstić information content (AvgIpc) is 2.76. The van der Waals surface area contributed by atoms with E-state index in [1.54, 1.807) is 66.7 Å². The Kier molecular flexibility index (Phi) is 5.10. The van der Waals surface area contributed by atoms with Gasteiger partial charge in [0.25, 0.3) is 11.5 Å². The fourth-order valence-corrected chi connectivity index (χ4v) is 3.15. The molecule has 0 saturated heterocycles. The Hall–Kier alpha value is -3.51. The van der Waals surface area contributed by atoms with Gasteiger partial charge >= 0.3 is 0 Å². The highest BCUT2D eigenvalue weighted by molar-refractivity contribution is 6.30. The zero-order chi connectivity index (χ0) is 20.4. The minimum atomic E-state index is -1.93. The van der Waals surface area contributed by atoms with Crippen molar-refractivity contribution in [2.75, 3.05) is 5.43 Å². The van der Waals surface area contributed by atoms with Crippen molar-refractivity contribution in [1.82, 2.24) is 9.89 Å². The molecule has 1 amide bonds. The van der Waals surface area contributed by atoms with Gasteiger partial charge in [0, 0.05) is 16.0 Å². The van der Waals surface area contributed by atoms with Crippen molar-refractivity contribution < 1.29 is 9.18 Å². The smallest absolute Gasteiger partial charge is 0.269 e. The molecule has 0 fully saturated rings. The molecule has 5 nitrogen and oxygen atoms in total. The second-order valence-corrected chi connectivity index (χ2v) is 6.80. The number of aromatic nitrogens is 2. The Morgan fingerprint density at radius 1 is 0.931 bits per heavy atom. The molecule has 1 unspecified atom stereocenters. The zero-order valence-corrected chi connectivity index (χ0v) is 15.8. The summed E-state index contributed by atoms with van der Waals surface area (Å²) in [7, 11) is 0. The number of nitrogens with zero attached hydrogens (tertiary/aromatic N) is 2. The number of hydrogen-bond donors (Lipinski definition) is 1. The third-order valence-corrected chi connectivity index (χ3v) is 4.71. The summed E-state index contributed by atoms with van der Waals surface area (Å²) < 4.78 is 14.6. The normalized spacial score (nSPS) is 11.9. The van der Waals surface area contributed by atoms with Crippen molar-refractivity contribution in [2.45, 2.75) is 6.17 Å². The van der Waals surface area contributed by atoms with Crippen LogP contribution in [-0.4, -0.2) is 15.8 Å². The number of carbonyl (C=O) groups excluding carboxylic acids is 1. The molecule has 0 aliphatic carbocycles. The lowest BCUT2D eigenvalue weighted by molar-refractivity contribution is -0.122. The molecule has 144 valence electrons. The first-order chi connectivity index (χ1) is 14.0. The van der Waals surface area contributed by atoms with E-state index < -0.39 is 17.6 Å². The summed E-state index contributed by atoms with van der Waals surface area (Å²) in [6, 6.07) is 21.8. The number of fused-ring (bicyclic) bond motifs is 1. The first-order valence-electron chi connectivity index (χ1n) is 8.82. The fraction of sp³-hybridized carbons (Fsp3) is 0.0455. The van der Waals surface area contributed by atoms with Crippen LogP contribution in [0.25, 0.3) is 22.0 Å². The van der Waals surface area contributed by atoms with E-state index in [9.17, 15) is 14.0 Å². The number of hydrogen-bond acceptors (Lipinski definition) is 3. The van der Waals surface area contributed by atoms with Crippen molar-refractivity contribution >= 4 is 28.3 Å². The molecule has 0 bridgehead atoms. The average molecular weight is 408 g/mol. The second kappa shape index (κ2) is 7.85. The number of alkyl halides is 1. The van der Waals surface area contributed by atoms with Crippen LogP contribution in [0.5, 0.6) is 0 Å². The number of benzene rings is 3. The molecular weight excluding hydrogens is 393 g/mol. The molecular formula is C22H15ClFN3O2. The SMILES string of the molecule is O=C(Nn1nc(-c2ccc(Cl)cc2)c2ccccc2c1=O)C(F)c1ccccc1. The number of halogens is 2. The molecule has 1 heterocycles. The molecule has 0 aliphatic heterocycles. The van der Waals surface area contributed by atoms with Crippen LogP contribution in [-0.2, 0) is 4.79 Å². The third kappa shape index (κ3) is 3.75. The summed E-state index contributed by atoms with van der Waals surface area (Å²) in [4.78, 5) is 26.0. The van der Waals surface area contributed by atoms with E-state index in [1.165, 1.54) is 12.1 Å². The highest BCUT2D eigenvalue weighted by Gasteiger charge is 2.21. The van der Waals surface area contributed by atoms with E-state index in [-0.39, 0.29) is 5.56 Å². The van der Waals surface area contributed by atoms with Crippen molar-refractivity contribution in [3.05, 3.63) is 99.8 Å². The van der Waals surface area contributed by atoms with Gasteiger partial charge in [-0.15, -0.1) is 9.89 Å². The largest absolute Gasteiger partial charge is 0.294 e.